The number of carboxylic acid groups (broad SMARTS) is 1. The molecule has 0 aliphatic carbocycles. The monoisotopic (exact) mass is 230 g/mol. The Hall–Kier alpha value is -0.830. The Morgan fingerprint density at radius 3 is 2.08 bits per heavy atom. The zero-order valence-corrected chi connectivity index (χ0v) is 8.63. The second-order valence-electron chi connectivity index (χ2n) is 2.27. The molecule has 0 atom stereocenters. The van der Waals surface area contributed by atoms with Crippen LogP contribution in [0.5, 0.6) is 0 Å². The van der Waals surface area contributed by atoms with E-state index in [1.807, 2.05) is 18.2 Å². The molecule has 1 aromatic rings. The van der Waals surface area contributed by atoms with Crippen molar-refractivity contribution in [2.75, 3.05) is 0 Å². The summed E-state index contributed by atoms with van der Waals surface area (Å²) < 4.78 is 1.18. The van der Waals surface area contributed by atoms with Crippen LogP contribution >= 0.6 is 15.9 Å². The van der Waals surface area contributed by atoms with Crippen molar-refractivity contribution in [1.82, 2.24) is 0 Å². The van der Waals surface area contributed by atoms with E-state index in [4.69, 9.17) is 9.90 Å². The standard InChI is InChI=1S/C7H7Br.C2H4O2/c1-6-4-2-3-5-7(6)8;1-2(3)4/h2-5H,1H3;1H3,(H,3,4). The fourth-order valence-corrected chi connectivity index (χ4v) is 0.836. The van der Waals surface area contributed by atoms with Crippen molar-refractivity contribution >= 4 is 21.9 Å². The van der Waals surface area contributed by atoms with Gasteiger partial charge in [0.15, 0.2) is 0 Å². The minimum absolute atomic E-state index is 0.833. The Morgan fingerprint density at radius 2 is 1.83 bits per heavy atom. The van der Waals surface area contributed by atoms with Gasteiger partial charge >= 0.3 is 0 Å². The van der Waals surface area contributed by atoms with E-state index in [1.165, 1.54) is 10.0 Å². The first kappa shape index (κ1) is 11.2. The summed E-state index contributed by atoms with van der Waals surface area (Å²) in [5.41, 5.74) is 1.28. The average molecular weight is 231 g/mol. The summed E-state index contributed by atoms with van der Waals surface area (Å²) in [6.07, 6.45) is 0. The van der Waals surface area contributed by atoms with E-state index >= 15 is 0 Å². The van der Waals surface area contributed by atoms with Gasteiger partial charge in [0, 0.05) is 11.4 Å². The molecule has 0 amide bonds. The molecule has 12 heavy (non-hydrogen) atoms. The van der Waals surface area contributed by atoms with Crippen LogP contribution in [0.25, 0.3) is 0 Å². The highest BCUT2D eigenvalue weighted by Crippen LogP contribution is 2.13. The number of carbonyl (C=O) groups is 1. The molecule has 0 aliphatic rings. The Balaban J connectivity index is 0.000000261. The van der Waals surface area contributed by atoms with Crippen LogP contribution in [0.4, 0.5) is 0 Å². The molecular weight excluding hydrogens is 220 g/mol. The minimum atomic E-state index is -0.833. The fourth-order valence-electron chi connectivity index (χ4n) is 0.551. The SMILES string of the molecule is CC(=O)O.Cc1ccccc1Br. The van der Waals surface area contributed by atoms with E-state index in [-0.39, 0.29) is 0 Å². The number of hydrogen-bond acceptors (Lipinski definition) is 1. The molecule has 3 heteroatoms. The third kappa shape index (κ3) is 5.92. The first-order valence-corrected chi connectivity index (χ1v) is 4.24. The summed E-state index contributed by atoms with van der Waals surface area (Å²) in [5, 5.41) is 7.42. The molecule has 1 aromatic carbocycles. The average Bonchev–Trinajstić information content (AvgIpc) is 1.94. The van der Waals surface area contributed by atoms with Gasteiger partial charge in [0.2, 0.25) is 0 Å². The summed E-state index contributed by atoms with van der Waals surface area (Å²) in [7, 11) is 0. The lowest BCUT2D eigenvalue weighted by molar-refractivity contribution is -0.134. The molecule has 0 bridgehead atoms. The molecule has 0 radical (unpaired) electrons. The number of aryl methyl sites for hydroxylation is 1. The maximum absolute atomic E-state index is 9.00. The molecule has 1 rings (SSSR count). The lowest BCUT2D eigenvalue weighted by Gasteiger charge is -1.91. The topological polar surface area (TPSA) is 37.3 Å². The Bertz CT molecular complexity index is 233. The van der Waals surface area contributed by atoms with Gasteiger partial charge in [-0.1, -0.05) is 34.1 Å². The number of rotatable bonds is 0. The number of carboxylic acids is 1. The predicted molar refractivity (Wildman–Crippen MR) is 52.2 cm³/mol. The highest BCUT2D eigenvalue weighted by Gasteiger charge is 1.86. The fraction of sp³-hybridized carbons (Fsp3) is 0.222. The maximum atomic E-state index is 9.00. The van der Waals surface area contributed by atoms with Gasteiger partial charge in [-0.2, -0.15) is 0 Å². The van der Waals surface area contributed by atoms with Crippen molar-refractivity contribution in [2.45, 2.75) is 13.8 Å². The van der Waals surface area contributed by atoms with Crippen molar-refractivity contribution < 1.29 is 9.90 Å². The summed E-state index contributed by atoms with van der Waals surface area (Å²) in [6.45, 7) is 3.16. The van der Waals surface area contributed by atoms with Crippen LogP contribution in [0.2, 0.25) is 0 Å². The first-order chi connectivity index (χ1) is 5.54. The van der Waals surface area contributed by atoms with Crippen molar-refractivity contribution in [3.63, 3.8) is 0 Å². The molecule has 2 nitrogen and oxygen atoms in total. The van der Waals surface area contributed by atoms with Gasteiger partial charge in [-0.15, -0.1) is 0 Å². The number of hydrogen-bond donors (Lipinski definition) is 1. The normalized spacial score (nSPS) is 8.25. The smallest absolute Gasteiger partial charge is 0.300 e. The van der Waals surface area contributed by atoms with Crippen molar-refractivity contribution in [3.8, 4) is 0 Å². The van der Waals surface area contributed by atoms with Crippen molar-refractivity contribution in [3.05, 3.63) is 34.3 Å². The molecule has 0 fully saturated rings. The number of aliphatic carboxylic acids is 1. The van der Waals surface area contributed by atoms with E-state index in [2.05, 4.69) is 28.9 Å². The Kier molecular flexibility index (Phi) is 5.37. The first-order valence-electron chi connectivity index (χ1n) is 3.44. The number of halogens is 1. The van der Waals surface area contributed by atoms with Gasteiger partial charge in [-0.05, 0) is 18.6 Å². The quantitative estimate of drug-likeness (QED) is 0.745. The summed E-state index contributed by atoms with van der Waals surface area (Å²) in [6, 6.07) is 8.15. The van der Waals surface area contributed by atoms with Crippen LogP contribution in [-0.4, -0.2) is 11.1 Å². The molecular formula is C9H11BrO2. The predicted octanol–water partition coefficient (Wildman–Crippen LogP) is 2.85. The zero-order valence-electron chi connectivity index (χ0n) is 7.04. The molecule has 0 heterocycles. The van der Waals surface area contributed by atoms with Gasteiger partial charge in [-0.3, -0.25) is 4.79 Å². The molecule has 66 valence electrons. The van der Waals surface area contributed by atoms with E-state index < -0.39 is 5.97 Å². The van der Waals surface area contributed by atoms with Crippen LogP contribution in [0, 0.1) is 6.92 Å². The highest BCUT2D eigenvalue weighted by molar-refractivity contribution is 9.10. The summed E-state index contributed by atoms with van der Waals surface area (Å²) >= 11 is 3.40. The van der Waals surface area contributed by atoms with Crippen molar-refractivity contribution in [2.24, 2.45) is 0 Å². The second kappa shape index (κ2) is 5.77. The van der Waals surface area contributed by atoms with E-state index in [9.17, 15) is 0 Å². The molecule has 0 aromatic heterocycles. The van der Waals surface area contributed by atoms with E-state index in [0.717, 1.165) is 6.92 Å². The van der Waals surface area contributed by atoms with E-state index in [1.54, 1.807) is 0 Å². The largest absolute Gasteiger partial charge is 0.481 e. The van der Waals surface area contributed by atoms with Crippen LogP contribution in [0.15, 0.2) is 28.7 Å². The number of benzene rings is 1. The minimum Gasteiger partial charge on any atom is -0.481 e. The molecule has 0 saturated carbocycles. The molecule has 0 spiro atoms. The van der Waals surface area contributed by atoms with Gasteiger partial charge in [-0.25, -0.2) is 0 Å². The lowest BCUT2D eigenvalue weighted by Crippen LogP contribution is -1.78. The lowest BCUT2D eigenvalue weighted by atomic mass is 10.2. The maximum Gasteiger partial charge on any atom is 0.300 e. The molecule has 0 unspecified atom stereocenters. The van der Waals surface area contributed by atoms with Gasteiger partial charge < -0.3 is 5.11 Å². The summed E-state index contributed by atoms with van der Waals surface area (Å²) in [5.74, 6) is -0.833. The molecule has 0 aliphatic heterocycles. The Labute approximate surface area is 80.4 Å². The second-order valence-corrected chi connectivity index (χ2v) is 3.12. The summed E-state index contributed by atoms with van der Waals surface area (Å²) in [4.78, 5) is 9.00. The van der Waals surface area contributed by atoms with Gasteiger partial charge in [0.1, 0.15) is 0 Å². The highest BCUT2D eigenvalue weighted by atomic mass is 79.9. The van der Waals surface area contributed by atoms with Crippen LogP contribution in [-0.2, 0) is 4.79 Å². The molecule has 0 saturated heterocycles. The van der Waals surface area contributed by atoms with Crippen LogP contribution in [0.3, 0.4) is 0 Å². The molecule has 1 N–H and O–H groups in total. The Morgan fingerprint density at radius 1 is 1.42 bits per heavy atom. The van der Waals surface area contributed by atoms with Crippen LogP contribution < -0.4 is 0 Å². The van der Waals surface area contributed by atoms with Crippen LogP contribution in [0.1, 0.15) is 12.5 Å². The zero-order chi connectivity index (χ0) is 9.56. The third-order valence-electron chi connectivity index (χ3n) is 1.08. The third-order valence-corrected chi connectivity index (χ3v) is 1.97. The van der Waals surface area contributed by atoms with Gasteiger partial charge in [0.25, 0.3) is 5.97 Å². The van der Waals surface area contributed by atoms with Gasteiger partial charge in [0.05, 0.1) is 0 Å². The van der Waals surface area contributed by atoms with Crippen molar-refractivity contribution in [1.29, 1.82) is 0 Å². The van der Waals surface area contributed by atoms with E-state index in [0.29, 0.717) is 0 Å².